The van der Waals surface area contributed by atoms with Crippen molar-refractivity contribution >= 4 is 0 Å². The molecule has 0 aromatic carbocycles. The molecule has 0 aromatic heterocycles. The zero-order valence-corrected chi connectivity index (χ0v) is 10.4. The summed E-state index contributed by atoms with van der Waals surface area (Å²) in [5, 5.41) is 0. The molecule has 0 spiro atoms. The van der Waals surface area contributed by atoms with Crippen LogP contribution in [0.4, 0.5) is 0 Å². The quantitative estimate of drug-likeness (QED) is 0.660. The van der Waals surface area contributed by atoms with E-state index in [0.29, 0.717) is 18.1 Å². The van der Waals surface area contributed by atoms with Gasteiger partial charge in [0.2, 0.25) is 0 Å². The van der Waals surface area contributed by atoms with Gasteiger partial charge in [-0.05, 0) is 25.7 Å². The van der Waals surface area contributed by atoms with Crippen LogP contribution in [0.3, 0.4) is 0 Å². The second-order valence-corrected chi connectivity index (χ2v) is 5.01. The monoisotopic (exact) mass is 213 g/mol. The minimum atomic E-state index is 0.372. The lowest BCUT2D eigenvalue weighted by molar-refractivity contribution is 0.118. The van der Waals surface area contributed by atoms with Gasteiger partial charge < -0.3 is 10.5 Å². The summed E-state index contributed by atoms with van der Waals surface area (Å²) >= 11 is 0. The van der Waals surface area contributed by atoms with Gasteiger partial charge in [-0.2, -0.15) is 0 Å². The molecule has 0 aliphatic carbocycles. The van der Waals surface area contributed by atoms with E-state index in [1.54, 1.807) is 0 Å². The van der Waals surface area contributed by atoms with Gasteiger partial charge >= 0.3 is 0 Å². The Bertz CT molecular complexity index is 161. The molecule has 3 unspecified atom stereocenters. The minimum absolute atomic E-state index is 0.372. The topological polar surface area (TPSA) is 35.2 Å². The molecule has 1 rings (SSSR count). The maximum absolute atomic E-state index is 6.18. The van der Waals surface area contributed by atoms with Crippen molar-refractivity contribution in [2.24, 2.45) is 11.7 Å². The Morgan fingerprint density at radius 1 is 1.27 bits per heavy atom. The molecule has 2 heteroatoms. The highest BCUT2D eigenvalue weighted by atomic mass is 16.5. The van der Waals surface area contributed by atoms with Gasteiger partial charge in [-0.15, -0.1) is 0 Å². The first-order valence-electron chi connectivity index (χ1n) is 6.61. The third-order valence-corrected chi connectivity index (χ3v) is 3.48. The van der Waals surface area contributed by atoms with E-state index in [4.69, 9.17) is 10.5 Å². The summed E-state index contributed by atoms with van der Waals surface area (Å²) < 4.78 is 5.55. The molecule has 1 aliphatic rings. The number of unbranched alkanes of at least 4 members (excludes halogenated alkanes) is 4. The number of ether oxygens (including phenoxy) is 1. The van der Waals surface area contributed by atoms with Gasteiger partial charge in [0.05, 0.1) is 12.7 Å². The van der Waals surface area contributed by atoms with Crippen LogP contribution in [0.15, 0.2) is 0 Å². The molecule has 0 radical (unpaired) electrons. The Labute approximate surface area is 94.6 Å². The SMILES string of the molecule is CCCCCCCC(N)C1COC(C)C1. The van der Waals surface area contributed by atoms with Gasteiger partial charge in [-0.25, -0.2) is 0 Å². The molecule has 0 bridgehead atoms. The minimum Gasteiger partial charge on any atom is -0.378 e. The first kappa shape index (κ1) is 13.0. The highest BCUT2D eigenvalue weighted by Crippen LogP contribution is 2.23. The van der Waals surface area contributed by atoms with Crippen LogP contribution >= 0.6 is 0 Å². The fraction of sp³-hybridized carbons (Fsp3) is 1.00. The van der Waals surface area contributed by atoms with Gasteiger partial charge in [-0.1, -0.05) is 39.0 Å². The van der Waals surface area contributed by atoms with Crippen LogP contribution in [0, 0.1) is 5.92 Å². The Balaban J connectivity index is 2.00. The van der Waals surface area contributed by atoms with Crippen molar-refractivity contribution in [2.75, 3.05) is 6.61 Å². The van der Waals surface area contributed by atoms with Crippen LogP contribution < -0.4 is 5.73 Å². The zero-order chi connectivity index (χ0) is 11.1. The first-order chi connectivity index (χ1) is 7.24. The summed E-state index contributed by atoms with van der Waals surface area (Å²) in [6, 6.07) is 0.372. The molecule has 1 aliphatic heterocycles. The van der Waals surface area contributed by atoms with Gasteiger partial charge in [0.25, 0.3) is 0 Å². The third-order valence-electron chi connectivity index (χ3n) is 3.48. The molecule has 1 saturated heterocycles. The van der Waals surface area contributed by atoms with Gasteiger partial charge in [0.1, 0.15) is 0 Å². The van der Waals surface area contributed by atoms with E-state index in [9.17, 15) is 0 Å². The lowest BCUT2D eigenvalue weighted by Gasteiger charge is -2.17. The fourth-order valence-electron chi connectivity index (χ4n) is 2.37. The normalized spacial score (nSPS) is 28.2. The number of hydrogen-bond acceptors (Lipinski definition) is 2. The molecule has 0 aromatic rings. The second-order valence-electron chi connectivity index (χ2n) is 5.01. The Morgan fingerprint density at radius 2 is 2.00 bits per heavy atom. The van der Waals surface area contributed by atoms with Crippen LogP contribution in [-0.2, 0) is 4.74 Å². The van der Waals surface area contributed by atoms with Crippen LogP contribution in [-0.4, -0.2) is 18.8 Å². The summed E-state index contributed by atoms with van der Waals surface area (Å²) in [7, 11) is 0. The molecule has 1 heterocycles. The van der Waals surface area contributed by atoms with E-state index in [-0.39, 0.29) is 0 Å². The van der Waals surface area contributed by atoms with Gasteiger partial charge in [0, 0.05) is 6.04 Å². The van der Waals surface area contributed by atoms with Crippen LogP contribution in [0.5, 0.6) is 0 Å². The Kier molecular flexibility index (Phi) is 6.26. The molecular formula is C13H27NO. The molecule has 2 N–H and O–H groups in total. The average Bonchev–Trinajstić information content (AvgIpc) is 2.64. The molecule has 3 atom stereocenters. The lowest BCUT2D eigenvalue weighted by atomic mass is 9.93. The van der Waals surface area contributed by atoms with Crippen LogP contribution in [0.25, 0.3) is 0 Å². The molecule has 90 valence electrons. The van der Waals surface area contributed by atoms with Crippen molar-refractivity contribution in [1.82, 2.24) is 0 Å². The van der Waals surface area contributed by atoms with E-state index >= 15 is 0 Å². The lowest BCUT2D eigenvalue weighted by Crippen LogP contribution is -2.30. The van der Waals surface area contributed by atoms with E-state index in [0.717, 1.165) is 13.0 Å². The van der Waals surface area contributed by atoms with Crippen molar-refractivity contribution in [3.63, 3.8) is 0 Å². The standard InChI is InChI=1S/C13H27NO/c1-3-4-5-6-7-8-13(14)12-9-11(2)15-10-12/h11-13H,3-10,14H2,1-2H3. The smallest absolute Gasteiger partial charge is 0.0551 e. The van der Waals surface area contributed by atoms with Crippen molar-refractivity contribution in [3.8, 4) is 0 Å². The van der Waals surface area contributed by atoms with E-state index < -0.39 is 0 Å². The molecule has 0 amide bonds. The molecular weight excluding hydrogens is 186 g/mol. The molecule has 1 fully saturated rings. The van der Waals surface area contributed by atoms with Crippen molar-refractivity contribution < 1.29 is 4.74 Å². The summed E-state index contributed by atoms with van der Waals surface area (Å²) in [6.45, 7) is 5.29. The second kappa shape index (κ2) is 7.24. The van der Waals surface area contributed by atoms with E-state index in [1.165, 1.54) is 38.5 Å². The molecule has 0 saturated carbocycles. The number of rotatable bonds is 7. The van der Waals surface area contributed by atoms with Crippen LogP contribution in [0.2, 0.25) is 0 Å². The summed E-state index contributed by atoms with van der Waals surface area (Å²) in [5.41, 5.74) is 6.18. The summed E-state index contributed by atoms with van der Waals surface area (Å²) in [4.78, 5) is 0. The zero-order valence-electron chi connectivity index (χ0n) is 10.4. The maximum atomic E-state index is 6.18. The summed E-state index contributed by atoms with van der Waals surface area (Å²) in [5.74, 6) is 0.617. The van der Waals surface area contributed by atoms with Gasteiger partial charge in [-0.3, -0.25) is 0 Å². The average molecular weight is 213 g/mol. The predicted octanol–water partition coefficient (Wildman–Crippen LogP) is 3.10. The molecule has 2 nitrogen and oxygen atoms in total. The van der Waals surface area contributed by atoms with E-state index in [1.807, 2.05) is 0 Å². The third kappa shape index (κ3) is 4.98. The van der Waals surface area contributed by atoms with E-state index in [2.05, 4.69) is 13.8 Å². The maximum Gasteiger partial charge on any atom is 0.0551 e. The fourth-order valence-corrected chi connectivity index (χ4v) is 2.37. The first-order valence-corrected chi connectivity index (χ1v) is 6.61. The van der Waals surface area contributed by atoms with Crippen molar-refractivity contribution in [1.29, 1.82) is 0 Å². The van der Waals surface area contributed by atoms with Crippen molar-refractivity contribution in [2.45, 2.75) is 70.9 Å². The Hall–Kier alpha value is -0.0800. The van der Waals surface area contributed by atoms with Crippen molar-refractivity contribution in [3.05, 3.63) is 0 Å². The Morgan fingerprint density at radius 3 is 2.60 bits per heavy atom. The number of hydrogen-bond donors (Lipinski definition) is 1. The molecule has 15 heavy (non-hydrogen) atoms. The number of nitrogens with two attached hydrogens (primary N) is 1. The predicted molar refractivity (Wildman–Crippen MR) is 64.9 cm³/mol. The largest absolute Gasteiger partial charge is 0.378 e. The highest BCUT2D eigenvalue weighted by Gasteiger charge is 2.26. The van der Waals surface area contributed by atoms with Gasteiger partial charge in [0.15, 0.2) is 0 Å². The van der Waals surface area contributed by atoms with Crippen LogP contribution in [0.1, 0.15) is 58.8 Å². The highest BCUT2D eigenvalue weighted by molar-refractivity contribution is 4.79. The summed E-state index contributed by atoms with van der Waals surface area (Å²) in [6.07, 6.45) is 9.50.